The van der Waals surface area contributed by atoms with Crippen molar-refractivity contribution in [2.24, 2.45) is 0 Å². The van der Waals surface area contributed by atoms with Crippen LogP contribution in [0.15, 0.2) is 50.1 Å². The van der Waals surface area contributed by atoms with Gasteiger partial charge < -0.3 is 14.3 Å². The van der Waals surface area contributed by atoms with Crippen LogP contribution in [0.1, 0.15) is 5.56 Å². The van der Waals surface area contributed by atoms with Crippen molar-refractivity contribution in [2.75, 3.05) is 14.1 Å². The highest BCUT2D eigenvalue weighted by Crippen LogP contribution is 2.30. The van der Waals surface area contributed by atoms with Crippen molar-refractivity contribution in [3.63, 3.8) is 0 Å². The maximum Gasteiger partial charge on any atom is 0.294 e. The zero-order valence-electron chi connectivity index (χ0n) is 14.1. The van der Waals surface area contributed by atoms with E-state index in [0.29, 0.717) is 16.9 Å². The molecule has 0 unspecified atom stereocenters. The lowest BCUT2D eigenvalue weighted by Crippen LogP contribution is -2.11. The maximum atomic E-state index is 12.5. The van der Waals surface area contributed by atoms with Crippen molar-refractivity contribution in [1.29, 1.82) is 0 Å². The highest BCUT2D eigenvalue weighted by atomic mass is 127. The number of nitrogens with zero attached hydrogens (tertiary/aromatic N) is 2. The third kappa shape index (κ3) is 3.19. The second-order valence-electron chi connectivity index (χ2n) is 6.39. The van der Waals surface area contributed by atoms with E-state index in [-0.39, 0.29) is 11.1 Å². The van der Waals surface area contributed by atoms with Crippen molar-refractivity contribution < 1.29 is 4.42 Å². The minimum atomic E-state index is -0.273. The number of furan rings is 1. The molecular weight excluding hydrogens is 509 g/mol. The van der Waals surface area contributed by atoms with Crippen LogP contribution >= 0.6 is 38.5 Å². The van der Waals surface area contributed by atoms with Crippen LogP contribution < -0.4 is 5.56 Å². The zero-order chi connectivity index (χ0) is 18.4. The third-order valence-electron chi connectivity index (χ3n) is 4.07. The van der Waals surface area contributed by atoms with Crippen molar-refractivity contribution in [3.05, 3.63) is 60.4 Å². The number of hydrogen-bond donors (Lipinski definition) is 1. The standard InChI is InChI=1S/C19H15BrIN3O2/c1-24(2)9-10-3-5-12(14(21)7-10)18-22-16-13-8-11(20)4-6-15(13)26-17(16)19(25)23-18/h3-8H,9H2,1-2H3,(H,22,23,25). The molecule has 0 aliphatic rings. The topological polar surface area (TPSA) is 62.1 Å². The summed E-state index contributed by atoms with van der Waals surface area (Å²) in [5.41, 5.74) is 3.31. The SMILES string of the molecule is CN(C)Cc1ccc(-c2nc3c(oc4ccc(Br)cc43)c(=O)[nH]2)c(I)c1. The van der Waals surface area contributed by atoms with Gasteiger partial charge in [0.15, 0.2) is 0 Å². The summed E-state index contributed by atoms with van der Waals surface area (Å²) in [6.07, 6.45) is 0. The number of rotatable bonds is 3. The average molecular weight is 524 g/mol. The van der Waals surface area contributed by atoms with Gasteiger partial charge in [0.05, 0.1) is 0 Å². The molecule has 4 aromatic rings. The van der Waals surface area contributed by atoms with Crippen molar-refractivity contribution in [2.45, 2.75) is 6.54 Å². The lowest BCUT2D eigenvalue weighted by Gasteiger charge is -2.11. The fourth-order valence-corrected chi connectivity index (χ4v) is 4.16. The van der Waals surface area contributed by atoms with Crippen molar-refractivity contribution in [3.8, 4) is 11.4 Å². The largest absolute Gasteiger partial charge is 0.449 e. The lowest BCUT2D eigenvalue weighted by molar-refractivity contribution is 0.402. The van der Waals surface area contributed by atoms with Gasteiger partial charge in [0.1, 0.15) is 16.9 Å². The fourth-order valence-electron chi connectivity index (χ4n) is 2.97. The lowest BCUT2D eigenvalue weighted by atomic mass is 10.1. The van der Waals surface area contributed by atoms with Gasteiger partial charge in [-0.15, -0.1) is 0 Å². The molecule has 2 heterocycles. The van der Waals surface area contributed by atoms with Crippen molar-refractivity contribution in [1.82, 2.24) is 14.9 Å². The molecule has 0 spiro atoms. The third-order valence-corrected chi connectivity index (χ3v) is 5.46. The van der Waals surface area contributed by atoms with E-state index in [1.165, 1.54) is 5.56 Å². The first-order valence-corrected chi connectivity index (χ1v) is 9.85. The van der Waals surface area contributed by atoms with Crippen LogP contribution in [0.2, 0.25) is 0 Å². The Morgan fingerprint density at radius 3 is 2.77 bits per heavy atom. The van der Waals surface area contributed by atoms with E-state index in [0.717, 1.165) is 25.5 Å². The van der Waals surface area contributed by atoms with Gasteiger partial charge in [0, 0.05) is 25.5 Å². The Hall–Kier alpha value is -1.71. The smallest absolute Gasteiger partial charge is 0.294 e. The molecule has 0 radical (unpaired) electrons. The highest BCUT2D eigenvalue weighted by molar-refractivity contribution is 14.1. The van der Waals surface area contributed by atoms with Gasteiger partial charge in [-0.1, -0.05) is 22.0 Å². The van der Waals surface area contributed by atoms with Gasteiger partial charge in [0.2, 0.25) is 5.58 Å². The summed E-state index contributed by atoms with van der Waals surface area (Å²) in [5, 5.41) is 0.820. The molecule has 0 aliphatic heterocycles. The van der Waals surface area contributed by atoms with E-state index < -0.39 is 0 Å². The van der Waals surface area contributed by atoms with Gasteiger partial charge in [-0.2, -0.15) is 0 Å². The summed E-state index contributed by atoms with van der Waals surface area (Å²) in [6.45, 7) is 0.861. The van der Waals surface area contributed by atoms with Crippen LogP contribution in [0.5, 0.6) is 0 Å². The van der Waals surface area contributed by atoms with E-state index in [9.17, 15) is 4.79 Å². The molecule has 1 N–H and O–H groups in total. The second kappa shape index (κ2) is 6.79. The number of H-pyrrole nitrogens is 1. The first-order chi connectivity index (χ1) is 12.4. The first-order valence-electron chi connectivity index (χ1n) is 7.98. The quantitative estimate of drug-likeness (QED) is 0.393. The summed E-state index contributed by atoms with van der Waals surface area (Å²) < 4.78 is 7.64. The summed E-state index contributed by atoms with van der Waals surface area (Å²) >= 11 is 5.75. The Kier molecular flexibility index (Phi) is 4.62. The molecule has 0 atom stereocenters. The Balaban J connectivity index is 1.91. The molecule has 0 fully saturated rings. The number of fused-ring (bicyclic) bond motifs is 3. The van der Waals surface area contributed by atoms with Crippen LogP contribution in [0.3, 0.4) is 0 Å². The Labute approximate surface area is 171 Å². The molecule has 0 saturated heterocycles. The van der Waals surface area contributed by atoms with Gasteiger partial charge in [-0.25, -0.2) is 4.98 Å². The Bertz CT molecular complexity index is 1200. The second-order valence-corrected chi connectivity index (χ2v) is 8.46. The minimum absolute atomic E-state index is 0.251. The monoisotopic (exact) mass is 523 g/mol. The molecule has 7 heteroatoms. The molecule has 0 amide bonds. The molecule has 132 valence electrons. The van der Waals surface area contributed by atoms with E-state index in [1.54, 1.807) is 0 Å². The first kappa shape index (κ1) is 17.7. The number of aromatic nitrogens is 2. The molecule has 2 aromatic carbocycles. The Morgan fingerprint density at radius 2 is 2.04 bits per heavy atom. The van der Waals surface area contributed by atoms with Crippen LogP contribution in [0, 0.1) is 3.57 Å². The number of halogens is 2. The van der Waals surface area contributed by atoms with E-state index in [1.807, 2.05) is 38.4 Å². The number of nitrogens with one attached hydrogen (secondary N) is 1. The Morgan fingerprint density at radius 1 is 1.23 bits per heavy atom. The van der Waals surface area contributed by atoms with Crippen molar-refractivity contribution >= 4 is 60.6 Å². The number of benzene rings is 2. The molecule has 4 rings (SSSR count). The molecular formula is C19H15BrIN3O2. The van der Waals surface area contributed by atoms with Gasteiger partial charge >= 0.3 is 0 Å². The maximum absolute atomic E-state index is 12.5. The predicted molar refractivity (Wildman–Crippen MR) is 115 cm³/mol. The summed E-state index contributed by atoms with van der Waals surface area (Å²) in [5.74, 6) is 0.547. The van der Waals surface area contributed by atoms with Crippen LogP contribution in [0.25, 0.3) is 33.5 Å². The van der Waals surface area contributed by atoms with Crippen LogP contribution in [0.4, 0.5) is 0 Å². The van der Waals surface area contributed by atoms with Gasteiger partial charge in [0.25, 0.3) is 5.56 Å². The predicted octanol–water partition coefficient (Wildman–Crippen LogP) is 4.77. The molecule has 2 aromatic heterocycles. The van der Waals surface area contributed by atoms with E-state index in [4.69, 9.17) is 9.40 Å². The number of aromatic amines is 1. The highest BCUT2D eigenvalue weighted by Gasteiger charge is 2.16. The normalized spacial score (nSPS) is 11.7. The van der Waals surface area contributed by atoms with Gasteiger partial charge in [-0.05, 0) is 72.6 Å². The van der Waals surface area contributed by atoms with Gasteiger partial charge in [-0.3, -0.25) is 4.79 Å². The summed E-state index contributed by atoms with van der Waals surface area (Å²) in [4.78, 5) is 22.2. The summed E-state index contributed by atoms with van der Waals surface area (Å²) in [7, 11) is 4.08. The molecule has 0 saturated carbocycles. The minimum Gasteiger partial charge on any atom is -0.449 e. The zero-order valence-corrected chi connectivity index (χ0v) is 17.9. The fraction of sp³-hybridized carbons (Fsp3) is 0.158. The molecule has 0 bridgehead atoms. The molecule has 0 aliphatic carbocycles. The molecule has 5 nitrogen and oxygen atoms in total. The number of hydrogen-bond acceptors (Lipinski definition) is 4. The van der Waals surface area contributed by atoms with Crippen LogP contribution in [-0.2, 0) is 6.54 Å². The van der Waals surface area contributed by atoms with Crippen LogP contribution in [-0.4, -0.2) is 29.0 Å². The molecule has 26 heavy (non-hydrogen) atoms. The summed E-state index contributed by atoms with van der Waals surface area (Å²) in [6, 6.07) is 11.8. The average Bonchev–Trinajstić information content (AvgIpc) is 2.93. The van der Waals surface area contributed by atoms with E-state index in [2.05, 4.69) is 60.5 Å². The van der Waals surface area contributed by atoms with E-state index >= 15 is 0 Å².